The van der Waals surface area contributed by atoms with Gasteiger partial charge in [0.2, 0.25) is 0 Å². The molecule has 1 heterocycles. The molecule has 0 fully saturated rings. The first-order chi connectivity index (χ1) is 23.8. The summed E-state index contributed by atoms with van der Waals surface area (Å²) >= 11 is 3.60. The number of ether oxygens (including phenoxy) is 4. The predicted molar refractivity (Wildman–Crippen MR) is 188 cm³/mol. The monoisotopic (exact) mass is 734 g/mol. The van der Waals surface area contributed by atoms with Gasteiger partial charge in [-0.05, 0) is 94.3 Å². The minimum absolute atomic E-state index is 0.223. The van der Waals surface area contributed by atoms with Crippen molar-refractivity contribution in [2.24, 2.45) is 5.73 Å². The van der Waals surface area contributed by atoms with E-state index in [-0.39, 0.29) is 17.5 Å². The summed E-state index contributed by atoms with van der Waals surface area (Å²) in [6, 6.07) is 23.2. The SMILES string of the molecule is COc1cc(-c2nc(-c3ccc(F)cc3)c(-c3ccc(F)cc3)n2Cc2ccc(C(=O)NCCOCCOCCN)cc2)cc(Br)c1OC. The minimum atomic E-state index is -0.376. The van der Waals surface area contributed by atoms with Crippen LogP contribution in [0.4, 0.5) is 8.78 Å². The molecule has 1 aromatic heterocycles. The van der Waals surface area contributed by atoms with Gasteiger partial charge in [0.15, 0.2) is 11.5 Å². The van der Waals surface area contributed by atoms with Gasteiger partial charge in [-0.3, -0.25) is 4.79 Å². The van der Waals surface area contributed by atoms with Crippen molar-refractivity contribution in [3.8, 4) is 45.4 Å². The molecule has 0 spiro atoms. The first kappa shape index (κ1) is 35.7. The minimum Gasteiger partial charge on any atom is -0.493 e. The third-order valence-corrected chi connectivity index (χ3v) is 8.21. The number of nitrogens with two attached hydrogens (primary N) is 1. The maximum Gasteiger partial charge on any atom is 0.251 e. The first-order valence-corrected chi connectivity index (χ1v) is 16.4. The highest BCUT2D eigenvalue weighted by molar-refractivity contribution is 9.10. The number of benzene rings is 4. The number of nitrogens with zero attached hydrogens (tertiary/aromatic N) is 2. The van der Waals surface area contributed by atoms with Crippen molar-refractivity contribution in [2.75, 3.05) is 53.7 Å². The summed E-state index contributed by atoms with van der Waals surface area (Å²) < 4.78 is 52.7. The highest BCUT2D eigenvalue weighted by atomic mass is 79.9. The van der Waals surface area contributed by atoms with E-state index in [2.05, 4.69) is 21.2 Å². The van der Waals surface area contributed by atoms with E-state index in [1.807, 2.05) is 28.8 Å². The molecule has 1 amide bonds. The molecule has 0 saturated heterocycles. The van der Waals surface area contributed by atoms with Crippen molar-refractivity contribution >= 4 is 21.8 Å². The van der Waals surface area contributed by atoms with E-state index < -0.39 is 0 Å². The van der Waals surface area contributed by atoms with E-state index in [4.69, 9.17) is 29.7 Å². The summed E-state index contributed by atoms with van der Waals surface area (Å²) in [5, 5.41) is 2.86. The van der Waals surface area contributed by atoms with Crippen LogP contribution in [0.15, 0.2) is 89.4 Å². The zero-order valence-corrected chi connectivity index (χ0v) is 28.8. The largest absolute Gasteiger partial charge is 0.493 e. The Labute approximate surface area is 292 Å². The molecule has 4 aromatic carbocycles. The highest BCUT2D eigenvalue weighted by Gasteiger charge is 2.24. The fraction of sp³-hybridized carbons (Fsp3) is 0.243. The lowest BCUT2D eigenvalue weighted by molar-refractivity contribution is 0.0511. The van der Waals surface area contributed by atoms with Crippen LogP contribution in [0, 0.1) is 11.6 Å². The van der Waals surface area contributed by atoms with Crippen LogP contribution >= 0.6 is 15.9 Å². The molecule has 49 heavy (non-hydrogen) atoms. The number of rotatable bonds is 16. The van der Waals surface area contributed by atoms with Crippen LogP contribution in [0.3, 0.4) is 0 Å². The number of nitrogens with one attached hydrogen (secondary N) is 1. The number of aromatic nitrogens is 2. The van der Waals surface area contributed by atoms with Crippen LogP contribution in [0.25, 0.3) is 33.9 Å². The van der Waals surface area contributed by atoms with Crippen LogP contribution in [0.5, 0.6) is 11.5 Å². The first-order valence-electron chi connectivity index (χ1n) is 15.6. The second-order valence-electron chi connectivity index (χ2n) is 10.9. The van der Waals surface area contributed by atoms with Crippen molar-refractivity contribution in [1.29, 1.82) is 0 Å². The van der Waals surface area contributed by atoms with Gasteiger partial charge in [-0.25, -0.2) is 13.8 Å². The summed E-state index contributed by atoms with van der Waals surface area (Å²) in [6.07, 6.45) is 0. The quantitative estimate of drug-likeness (QED) is 0.109. The standard InChI is InChI=1S/C37H37BrF2N4O5/c1-46-32-22-28(21-31(38)35(32)47-2)36-43-33(25-7-11-29(39)12-8-25)34(26-9-13-30(40)14-10-26)44(36)23-24-3-5-27(6-4-24)37(45)42-16-18-49-20-19-48-17-15-41/h3-14,21-22H,15-20,23,41H2,1-2H3,(H,42,45). The number of amides is 1. The zero-order chi connectivity index (χ0) is 34.8. The number of carbonyl (C=O) groups excluding carboxylic acids is 1. The molecule has 5 rings (SSSR count). The number of methoxy groups -OCH3 is 2. The molecule has 0 aliphatic heterocycles. The number of halogens is 3. The van der Waals surface area contributed by atoms with Gasteiger partial charge in [0.25, 0.3) is 5.91 Å². The topological polar surface area (TPSA) is 110 Å². The zero-order valence-electron chi connectivity index (χ0n) is 27.2. The normalized spacial score (nSPS) is 11.1. The van der Waals surface area contributed by atoms with Gasteiger partial charge < -0.3 is 34.6 Å². The Morgan fingerprint density at radius 1 is 0.816 bits per heavy atom. The maximum atomic E-state index is 14.1. The third-order valence-electron chi connectivity index (χ3n) is 7.62. The van der Waals surface area contributed by atoms with Gasteiger partial charge in [0, 0.05) is 41.9 Å². The van der Waals surface area contributed by atoms with E-state index >= 15 is 0 Å². The van der Waals surface area contributed by atoms with Crippen molar-refractivity contribution in [2.45, 2.75) is 6.54 Å². The molecule has 9 nitrogen and oxygen atoms in total. The molecule has 0 saturated carbocycles. The molecule has 0 atom stereocenters. The number of carbonyl (C=O) groups is 1. The van der Waals surface area contributed by atoms with Gasteiger partial charge in [-0.2, -0.15) is 0 Å². The predicted octanol–water partition coefficient (Wildman–Crippen LogP) is 6.71. The summed E-state index contributed by atoms with van der Waals surface area (Å²) in [6.45, 7) is 2.85. The molecule has 0 unspecified atom stereocenters. The average molecular weight is 736 g/mol. The Kier molecular flexibility index (Phi) is 12.5. The Morgan fingerprint density at radius 3 is 2.06 bits per heavy atom. The van der Waals surface area contributed by atoms with Gasteiger partial charge in [0.1, 0.15) is 17.5 Å². The summed E-state index contributed by atoms with van der Waals surface area (Å²) in [4.78, 5) is 17.9. The van der Waals surface area contributed by atoms with Gasteiger partial charge in [-0.1, -0.05) is 12.1 Å². The van der Waals surface area contributed by atoms with Crippen molar-refractivity contribution in [3.05, 3.63) is 112 Å². The fourth-order valence-electron chi connectivity index (χ4n) is 5.27. The molecular weight excluding hydrogens is 698 g/mol. The molecular formula is C37H37BrF2N4O5. The molecule has 0 aliphatic rings. The Morgan fingerprint density at radius 2 is 1.45 bits per heavy atom. The van der Waals surface area contributed by atoms with Crippen LogP contribution in [-0.2, 0) is 16.0 Å². The third kappa shape index (κ3) is 8.90. The summed E-state index contributed by atoms with van der Waals surface area (Å²) in [5.74, 6) is 0.626. The number of hydrogen-bond donors (Lipinski definition) is 2. The fourth-order valence-corrected chi connectivity index (χ4v) is 5.88. The average Bonchev–Trinajstić information content (AvgIpc) is 3.48. The van der Waals surface area contributed by atoms with Gasteiger partial charge >= 0.3 is 0 Å². The number of hydrogen-bond acceptors (Lipinski definition) is 7. The smallest absolute Gasteiger partial charge is 0.251 e. The van der Waals surface area contributed by atoms with Gasteiger partial charge in [0.05, 0.1) is 56.5 Å². The Hall–Kier alpha value is -4.62. The highest BCUT2D eigenvalue weighted by Crippen LogP contribution is 2.42. The molecule has 0 radical (unpaired) electrons. The molecule has 0 aliphatic carbocycles. The Bertz CT molecular complexity index is 1850. The maximum absolute atomic E-state index is 14.1. The Balaban J connectivity index is 1.50. The molecule has 0 bridgehead atoms. The van der Waals surface area contributed by atoms with Crippen LogP contribution < -0.4 is 20.5 Å². The summed E-state index contributed by atoms with van der Waals surface area (Å²) in [7, 11) is 3.11. The van der Waals surface area contributed by atoms with E-state index in [1.165, 1.54) is 24.3 Å². The lowest BCUT2D eigenvalue weighted by atomic mass is 10.0. The van der Waals surface area contributed by atoms with E-state index in [0.717, 1.165) is 5.56 Å². The van der Waals surface area contributed by atoms with E-state index in [1.54, 1.807) is 50.6 Å². The lowest BCUT2D eigenvalue weighted by Gasteiger charge is -2.16. The van der Waals surface area contributed by atoms with Crippen molar-refractivity contribution < 1.29 is 32.5 Å². The second kappa shape index (κ2) is 17.2. The molecule has 256 valence electrons. The molecule has 3 N–H and O–H groups in total. The summed E-state index contributed by atoms with van der Waals surface area (Å²) in [5.41, 5.74) is 10.2. The second-order valence-corrected chi connectivity index (χ2v) is 11.7. The van der Waals surface area contributed by atoms with E-state index in [9.17, 15) is 13.6 Å². The molecule has 12 heteroatoms. The lowest BCUT2D eigenvalue weighted by Crippen LogP contribution is -2.27. The van der Waals surface area contributed by atoms with E-state index in [0.29, 0.717) is 101 Å². The van der Waals surface area contributed by atoms with Crippen molar-refractivity contribution in [1.82, 2.24) is 14.9 Å². The van der Waals surface area contributed by atoms with Gasteiger partial charge in [-0.15, -0.1) is 0 Å². The van der Waals surface area contributed by atoms with Crippen LogP contribution in [0.1, 0.15) is 15.9 Å². The molecule has 5 aromatic rings. The number of imidazole rings is 1. The van der Waals surface area contributed by atoms with Crippen LogP contribution in [0.2, 0.25) is 0 Å². The van der Waals surface area contributed by atoms with Crippen molar-refractivity contribution in [3.63, 3.8) is 0 Å². The van der Waals surface area contributed by atoms with Crippen LogP contribution in [-0.4, -0.2) is 69.2 Å².